The van der Waals surface area contributed by atoms with E-state index in [4.69, 9.17) is 0 Å². The predicted octanol–water partition coefficient (Wildman–Crippen LogP) is 4.77. The van der Waals surface area contributed by atoms with Crippen LogP contribution in [-0.2, 0) is 6.54 Å². The minimum Gasteiger partial charge on any atom is -0.305 e. The summed E-state index contributed by atoms with van der Waals surface area (Å²) in [6, 6.07) is 26.6. The fourth-order valence-electron chi connectivity index (χ4n) is 3.79. The highest BCUT2D eigenvalue weighted by molar-refractivity contribution is 5.82. The third-order valence-electron chi connectivity index (χ3n) is 5.21. The van der Waals surface area contributed by atoms with Crippen LogP contribution in [0.1, 0.15) is 30.0 Å². The molecule has 1 fully saturated rings. The number of fused-ring (bicyclic) bond motifs is 1. The van der Waals surface area contributed by atoms with Crippen LogP contribution in [0.15, 0.2) is 72.8 Å². The molecule has 1 unspecified atom stereocenters. The highest BCUT2D eigenvalue weighted by Crippen LogP contribution is 2.20. The van der Waals surface area contributed by atoms with Crippen molar-refractivity contribution in [2.24, 2.45) is 0 Å². The van der Waals surface area contributed by atoms with Crippen LogP contribution in [0.2, 0.25) is 0 Å². The molecule has 3 aromatic rings. The molecule has 2 nitrogen and oxygen atoms in total. The van der Waals surface area contributed by atoms with Gasteiger partial charge >= 0.3 is 0 Å². The van der Waals surface area contributed by atoms with Gasteiger partial charge in [0.1, 0.15) is 0 Å². The first-order valence-corrected chi connectivity index (χ1v) is 9.37. The van der Waals surface area contributed by atoms with E-state index in [1.807, 2.05) is 0 Å². The van der Waals surface area contributed by atoms with E-state index >= 15 is 0 Å². The van der Waals surface area contributed by atoms with Crippen LogP contribution < -0.4 is 5.32 Å². The molecule has 4 rings (SSSR count). The maximum absolute atomic E-state index is 3.80. The minimum absolute atomic E-state index is 0.380. The maximum Gasteiger partial charge on any atom is 0.0451 e. The molecule has 1 N–H and O–H groups in total. The smallest absolute Gasteiger partial charge is 0.0451 e. The van der Waals surface area contributed by atoms with Crippen LogP contribution in [-0.4, -0.2) is 24.5 Å². The van der Waals surface area contributed by atoms with Gasteiger partial charge in [-0.25, -0.2) is 0 Å². The van der Waals surface area contributed by atoms with Gasteiger partial charge in [0.15, 0.2) is 0 Å². The number of nitrogens with zero attached hydrogens (tertiary/aromatic N) is 1. The van der Waals surface area contributed by atoms with E-state index in [0.29, 0.717) is 6.04 Å². The minimum atomic E-state index is 0.380. The van der Waals surface area contributed by atoms with Crippen molar-refractivity contribution in [2.75, 3.05) is 19.6 Å². The van der Waals surface area contributed by atoms with Gasteiger partial charge in [-0.1, -0.05) is 66.7 Å². The molecule has 0 aromatic heterocycles. The van der Waals surface area contributed by atoms with Crippen molar-refractivity contribution in [3.63, 3.8) is 0 Å². The van der Waals surface area contributed by atoms with E-state index in [0.717, 1.165) is 13.1 Å². The number of nitrogens with one attached hydrogen (secondary N) is 1. The number of benzene rings is 3. The summed E-state index contributed by atoms with van der Waals surface area (Å²) in [7, 11) is 0. The Morgan fingerprint density at radius 1 is 0.800 bits per heavy atom. The van der Waals surface area contributed by atoms with E-state index in [1.54, 1.807) is 0 Å². The molecular weight excluding hydrogens is 304 g/mol. The Hall–Kier alpha value is -2.16. The monoisotopic (exact) mass is 330 g/mol. The number of hydrogen-bond acceptors (Lipinski definition) is 2. The molecule has 1 saturated heterocycles. The summed E-state index contributed by atoms with van der Waals surface area (Å²) >= 11 is 0. The van der Waals surface area contributed by atoms with Gasteiger partial charge in [0.05, 0.1) is 0 Å². The van der Waals surface area contributed by atoms with E-state index < -0.39 is 0 Å². The zero-order valence-corrected chi connectivity index (χ0v) is 14.7. The Bertz CT molecular complexity index is 806. The van der Waals surface area contributed by atoms with Gasteiger partial charge in [0.2, 0.25) is 0 Å². The molecular formula is C23H26N2. The zero-order chi connectivity index (χ0) is 16.9. The Labute approximate surface area is 150 Å². The summed E-state index contributed by atoms with van der Waals surface area (Å²) in [5, 5.41) is 6.43. The molecule has 1 aliphatic rings. The van der Waals surface area contributed by atoms with Crippen LogP contribution >= 0.6 is 0 Å². The average molecular weight is 330 g/mol. The molecule has 1 heterocycles. The average Bonchev–Trinajstić information content (AvgIpc) is 3.19. The van der Waals surface area contributed by atoms with E-state index in [2.05, 4.69) is 83.0 Å². The molecule has 25 heavy (non-hydrogen) atoms. The molecule has 128 valence electrons. The van der Waals surface area contributed by atoms with Crippen molar-refractivity contribution in [3.05, 3.63) is 83.9 Å². The standard InChI is InChI=1S/C23H26N2/c1-2-9-21(10-3-1)23(18-25-14-6-7-15-25)24-17-19-12-13-20-8-4-5-11-22(20)16-19/h1-5,8-13,16,23-24H,6-7,14-15,17-18H2. The highest BCUT2D eigenvalue weighted by Gasteiger charge is 2.18. The molecule has 1 atom stereocenters. The van der Waals surface area contributed by atoms with Gasteiger partial charge in [-0.15, -0.1) is 0 Å². The topological polar surface area (TPSA) is 15.3 Å². The van der Waals surface area contributed by atoms with Crippen molar-refractivity contribution < 1.29 is 0 Å². The summed E-state index contributed by atoms with van der Waals surface area (Å²) in [4.78, 5) is 2.59. The Kier molecular flexibility index (Phi) is 5.10. The fraction of sp³-hybridized carbons (Fsp3) is 0.304. The lowest BCUT2D eigenvalue weighted by atomic mass is 10.0. The van der Waals surface area contributed by atoms with Crippen LogP contribution in [0.3, 0.4) is 0 Å². The zero-order valence-electron chi connectivity index (χ0n) is 14.7. The Morgan fingerprint density at radius 2 is 1.52 bits per heavy atom. The quantitative estimate of drug-likeness (QED) is 0.700. The molecule has 0 aliphatic carbocycles. The van der Waals surface area contributed by atoms with Gasteiger partial charge in [-0.2, -0.15) is 0 Å². The van der Waals surface area contributed by atoms with E-state index in [9.17, 15) is 0 Å². The van der Waals surface area contributed by atoms with E-state index in [1.165, 1.54) is 47.8 Å². The number of likely N-dealkylation sites (tertiary alicyclic amines) is 1. The van der Waals surface area contributed by atoms with Crippen LogP contribution in [0.5, 0.6) is 0 Å². The third kappa shape index (κ3) is 4.09. The lowest BCUT2D eigenvalue weighted by Crippen LogP contribution is -2.33. The normalized spacial score (nSPS) is 16.3. The fourth-order valence-corrected chi connectivity index (χ4v) is 3.79. The maximum atomic E-state index is 3.80. The molecule has 1 aliphatic heterocycles. The van der Waals surface area contributed by atoms with Gasteiger partial charge in [0, 0.05) is 19.1 Å². The Balaban J connectivity index is 1.49. The summed E-state index contributed by atoms with van der Waals surface area (Å²) < 4.78 is 0. The molecule has 0 spiro atoms. The summed E-state index contributed by atoms with van der Waals surface area (Å²) in [5.41, 5.74) is 2.73. The van der Waals surface area contributed by atoms with Crippen LogP contribution in [0, 0.1) is 0 Å². The van der Waals surface area contributed by atoms with Gasteiger partial charge in [-0.3, -0.25) is 0 Å². The molecule has 0 saturated carbocycles. The SMILES string of the molecule is c1ccc(C(CN2CCCC2)NCc2ccc3ccccc3c2)cc1. The lowest BCUT2D eigenvalue weighted by Gasteiger charge is -2.25. The van der Waals surface area contributed by atoms with Crippen molar-refractivity contribution in [3.8, 4) is 0 Å². The van der Waals surface area contributed by atoms with E-state index in [-0.39, 0.29) is 0 Å². The molecule has 0 radical (unpaired) electrons. The molecule has 2 heteroatoms. The van der Waals surface area contributed by atoms with Crippen molar-refractivity contribution in [1.29, 1.82) is 0 Å². The van der Waals surface area contributed by atoms with Crippen molar-refractivity contribution >= 4 is 10.8 Å². The predicted molar refractivity (Wildman–Crippen MR) is 106 cm³/mol. The van der Waals surface area contributed by atoms with Crippen molar-refractivity contribution in [1.82, 2.24) is 10.2 Å². The first-order valence-electron chi connectivity index (χ1n) is 9.37. The van der Waals surface area contributed by atoms with Crippen LogP contribution in [0.25, 0.3) is 10.8 Å². The Morgan fingerprint density at radius 3 is 2.32 bits per heavy atom. The van der Waals surface area contributed by atoms with Gasteiger partial charge in [0.25, 0.3) is 0 Å². The summed E-state index contributed by atoms with van der Waals surface area (Å²) in [5.74, 6) is 0. The molecule has 0 amide bonds. The molecule has 0 bridgehead atoms. The largest absolute Gasteiger partial charge is 0.305 e. The third-order valence-corrected chi connectivity index (χ3v) is 5.21. The number of rotatable bonds is 6. The van der Waals surface area contributed by atoms with Crippen LogP contribution in [0.4, 0.5) is 0 Å². The summed E-state index contributed by atoms with van der Waals surface area (Å²) in [6.45, 7) is 4.47. The second-order valence-electron chi connectivity index (χ2n) is 7.03. The highest BCUT2D eigenvalue weighted by atomic mass is 15.2. The summed E-state index contributed by atoms with van der Waals surface area (Å²) in [6.07, 6.45) is 2.68. The number of hydrogen-bond donors (Lipinski definition) is 1. The molecule has 3 aromatic carbocycles. The van der Waals surface area contributed by atoms with Crippen molar-refractivity contribution in [2.45, 2.75) is 25.4 Å². The first kappa shape index (κ1) is 16.3. The van der Waals surface area contributed by atoms with Gasteiger partial charge in [-0.05, 0) is 53.9 Å². The lowest BCUT2D eigenvalue weighted by molar-refractivity contribution is 0.291. The second-order valence-corrected chi connectivity index (χ2v) is 7.03. The second kappa shape index (κ2) is 7.81. The first-order chi connectivity index (χ1) is 12.4. The van der Waals surface area contributed by atoms with Gasteiger partial charge < -0.3 is 10.2 Å².